The van der Waals surface area contributed by atoms with Crippen LogP contribution in [0, 0.1) is 13.8 Å². The number of ether oxygens (including phenoxy) is 1. The number of hydrogen-bond donors (Lipinski definition) is 3. The number of aryl methyl sites for hydroxylation is 2. The first-order chi connectivity index (χ1) is 9.36. The highest BCUT2D eigenvalue weighted by atomic mass is 16.5. The van der Waals surface area contributed by atoms with E-state index in [4.69, 9.17) is 5.11 Å². The van der Waals surface area contributed by atoms with Crippen LogP contribution in [0.1, 0.15) is 11.1 Å². The molecule has 0 saturated carbocycles. The Bertz CT molecular complexity index is 507. The molecular formula is C13H16N2O5. The van der Waals surface area contributed by atoms with E-state index in [-0.39, 0.29) is 0 Å². The molecule has 3 N–H and O–H groups in total. The molecule has 0 saturated heterocycles. The average Bonchev–Trinajstić information content (AvgIpc) is 2.25. The SMILES string of the molecule is Cc1cc(C)cc(NC(=O)NC(=O)COCC(=O)O)c1. The molecule has 1 rings (SSSR count). The zero-order valence-electron chi connectivity index (χ0n) is 11.2. The molecule has 0 bridgehead atoms. The third-order valence-electron chi connectivity index (χ3n) is 2.19. The summed E-state index contributed by atoms with van der Waals surface area (Å²) in [4.78, 5) is 33.0. The fourth-order valence-electron chi connectivity index (χ4n) is 1.60. The van der Waals surface area contributed by atoms with Gasteiger partial charge in [0.2, 0.25) is 0 Å². The van der Waals surface area contributed by atoms with Crippen molar-refractivity contribution in [3.8, 4) is 0 Å². The van der Waals surface area contributed by atoms with Crippen LogP contribution in [0.5, 0.6) is 0 Å². The molecule has 0 aliphatic rings. The third kappa shape index (κ3) is 5.96. The number of nitrogens with one attached hydrogen (secondary N) is 2. The number of carbonyl (C=O) groups excluding carboxylic acids is 2. The van der Waals surface area contributed by atoms with Gasteiger partial charge in [-0.05, 0) is 37.1 Å². The minimum atomic E-state index is -1.18. The number of aliphatic carboxylic acids is 1. The third-order valence-corrected chi connectivity index (χ3v) is 2.19. The van der Waals surface area contributed by atoms with E-state index in [0.717, 1.165) is 11.1 Å². The van der Waals surface area contributed by atoms with Gasteiger partial charge in [-0.25, -0.2) is 9.59 Å². The van der Waals surface area contributed by atoms with Crippen LogP contribution in [0.3, 0.4) is 0 Å². The summed E-state index contributed by atoms with van der Waals surface area (Å²) in [5.41, 5.74) is 2.53. The molecule has 0 aliphatic carbocycles. The summed E-state index contributed by atoms with van der Waals surface area (Å²) < 4.78 is 4.55. The molecular weight excluding hydrogens is 264 g/mol. The van der Waals surface area contributed by atoms with Crippen molar-refractivity contribution in [1.82, 2.24) is 5.32 Å². The lowest BCUT2D eigenvalue weighted by atomic mass is 10.1. The van der Waals surface area contributed by atoms with E-state index in [9.17, 15) is 14.4 Å². The number of amides is 3. The molecule has 0 heterocycles. The second kappa shape index (κ2) is 7.25. The van der Waals surface area contributed by atoms with Crippen LogP contribution in [0.15, 0.2) is 18.2 Å². The summed E-state index contributed by atoms with van der Waals surface area (Å²) in [6.07, 6.45) is 0. The van der Waals surface area contributed by atoms with Crippen LogP contribution in [0.25, 0.3) is 0 Å². The Kier molecular flexibility index (Phi) is 5.67. The van der Waals surface area contributed by atoms with Crippen LogP contribution < -0.4 is 10.6 Å². The largest absolute Gasteiger partial charge is 0.480 e. The first-order valence-electron chi connectivity index (χ1n) is 5.85. The van der Waals surface area contributed by atoms with Crippen molar-refractivity contribution in [3.63, 3.8) is 0 Å². The van der Waals surface area contributed by atoms with Gasteiger partial charge in [-0.3, -0.25) is 10.1 Å². The Morgan fingerprint density at radius 3 is 2.25 bits per heavy atom. The van der Waals surface area contributed by atoms with Gasteiger partial charge in [-0.2, -0.15) is 0 Å². The fraction of sp³-hybridized carbons (Fsp3) is 0.308. The number of carboxylic acids is 1. The van der Waals surface area contributed by atoms with Gasteiger partial charge in [0.05, 0.1) is 0 Å². The number of rotatable bonds is 5. The molecule has 0 aromatic heterocycles. The van der Waals surface area contributed by atoms with Crippen LogP contribution in [-0.4, -0.2) is 36.2 Å². The van der Waals surface area contributed by atoms with Crippen LogP contribution >= 0.6 is 0 Å². The molecule has 108 valence electrons. The highest BCUT2D eigenvalue weighted by molar-refractivity contribution is 6.01. The van der Waals surface area contributed by atoms with E-state index in [1.165, 1.54) is 0 Å². The Morgan fingerprint density at radius 2 is 1.70 bits per heavy atom. The lowest BCUT2D eigenvalue weighted by Gasteiger charge is -2.08. The normalized spacial score (nSPS) is 9.90. The topological polar surface area (TPSA) is 105 Å². The maximum absolute atomic E-state index is 11.5. The number of hydrogen-bond acceptors (Lipinski definition) is 4. The quantitative estimate of drug-likeness (QED) is 0.747. The van der Waals surface area contributed by atoms with Gasteiger partial charge in [-0.1, -0.05) is 6.07 Å². The van der Waals surface area contributed by atoms with E-state index in [1.807, 2.05) is 25.2 Å². The number of urea groups is 1. The van der Waals surface area contributed by atoms with Crippen molar-refractivity contribution >= 4 is 23.6 Å². The molecule has 1 aromatic rings. The number of anilines is 1. The molecule has 3 amide bonds. The molecule has 0 radical (unpaired) electrons. The van der Waals surface area contributed by atoms with Crippen molar-refractivity contribution in [2.24, 2.45) is 0 Å². The molecule has 7 heteroatoms. The van der Waals surface area contributed by atoms with E-state index >= 15 is 0 Å². The van der Waals surface area contributed by atoms with Gasteiger partial charge >= 0.3 is 12.0 Å². The molecule has 0 aliphatic heterocycles. The fourth-order valence-corrected chi connectivity index (χ4v) is 1.60. The summed E-state index contributed by atoms with van der Waals surface area (Å²) in [6, 6.07) is 4.78. The Hall–Kier alpha value is -2.41. The Labute approximate surface area is 115 Å². The van der Waals surface area contributed by atoms with Gasteiger partial charge in [-0.15, -0.1) is 0 Å². The standard InChI is InChI=1S/C13H16N2O5/c1-8-3-9(2)5-10(4-8)14-13(19)15-11(16)6-20-7-12(17)18/h3-5H,6-7H2,1-2H3,(H,17,18)(H2,14,15,16,19). The number of benzene rings is 1. The first kappa shape index (κ1) is 15.6. The Morgan fingerprint density at radius 1 is 1.10 bits per heavy atom. The van der Waals surface area contributed by atoms with E-state index in [0.29, 0.717) is 5.69 Å². The van der Waals surface area contributed by atoms with Gasteiger partial charge in [0, 0.05) is 5.69 Å². The number of imide groups is 1. The van der Waals surface area contributed by atoms with E-state index in [2.05, 4.69) is 10.1 Å². The minimum absolute atomic E-state index is 0.493. The lowest BCUT2D eigenvalue weighted by molar-refractivity contribution is -0.143. The van der Waals surface area contributed by atoms with Crippen molar-refractivity contribution in [3.05, 3.63) is 29.3 Å². The summed E-state index contributed by atoms with van der Waals surface area (Å²) in [6.45, 7) is 2.70. The Balaban J connectivity index is 2.43. The summed E-state index contributed by atoms with van der Waals surface area (Å²) in [5, 5.41) is 12.9. The van der Waals surface area contributed by atoms with Crippen LogP contribution in [0.4, 0.5) is 10.5 Å². The molecule has 0 unspecified atom stereocenters. The molecule has 20 heavy (non-hydrogen) atoms. The second-order valence-electron chi connectivity index (χ2n) is 4.27. The number of carbonyl (C=O) groups is 3. The smallest absolute Gasteiger partial charge is 0.329 e. The highest BCUT2D eigenvalue weighted by Gasteiger charge is 2.09. The van der Waals surface area contributed by atoms with Crippen molar-refractivity contribution < 1.29 is 24.2 Å². The van der Waals surface area contributed by atoms with Gasteiger partial charge < -0.3 is 15.2 Å². The molecule has 0 atom stereocenters. The van der Waals surface area contributed by atoms with E-state index < -0.39 is 31.1 Å². The molecule has 0 fully saturated rings. The van der Waals surface area contributed by atoms with Crippen molar-refractivity contribution in [2.75, 3.05) is 18.5 Å². The van der Waals surface area contributed by atoms with Gasteiger partial charge in [0.15, 0.2) is 0 Å². The van der Waals surface area contributed by atoms with Crippen LogP contribution in [0.2, 0.25) is 0 Å². The zero-order valence-corrected chi connectivity index (χ0v) is 11.2. The minimum Gasteiger partial charge on any atom is -0.480 e. The van der Waals surface area contributed by atoms with Crippen molar-refractivity contribution in [1.29, 1.82) is 0 Å². The maximum Gasteiger partial charge on any atom is 0.329 e. The zero-order chi connectivity index (χ0) is 15.1. The summed E-state index contributed by atoms with van der Waals surface area (Å²) in [7, 11) is 0. The van der Waals surface area contributed by atoms with Crippen molar-refractivity contribution in [2.45, 2.75) is 13.8 Å². The van der Waals surface area contributed by atoms with Gasteiger partial charge in [0.25, 0.3) is 5.91 Å². The maximum atomic E-state index is 11.5. The molecule has 7 nitrogen and oxygen atoms in total. The monoisotopic (exact) mass is 280 g/mol. The lowest BCUT2D eigenvalue weighted by Crippen LogP contribution is -2.37. The van der Waals surface area contributed by atoms with Gasteiger partial charge in [0.1, 0.15) is 13.2 Å². The highest BCUT2D eigenvalue weighted by Crippen LogP contribution is 2.13. The average molecular weight is 280 g/mol. The van der Waals surface area contributed by atoms with Crippen LogP contribution in [-0.2, 0) is 14.3 Å². The second-order valence-corrected chi connectivity index (χ2v) is 4.27. The summed E-state index contributed by atoms with van der Waals surface area (Å²) >= 11 is 0. The first-order valence-corrected chi connectivity index (χ1v) is 5.85. The predicted octanol–water partition coefficient (Wildman–Crippen LogP) is 1.05. The predicted molar refractivity (Wildman–Crippen MR) is 71.5 cm³/mol. The molecule has 0 spiro atoms. The number of carboxylic acid groups (broad SMARTS) is 1. The van der Waals surface area contributed by atoms with E-state index in [1.54, 1.807) is 12.1 Å². The molecule has 1 aromatic carbocycles. The summed E-state index contributed by atoms with van der Waals surface area (Å²) in [5.74, 6) is -1.90.